The normalized spacial score (nSPS) is 31.8. The van der Waals surface area contributed by atoms with Crippen molar-refractivity contribution in [3.63, 3.8) is 0 Å². The lowest BCUT2D eigenvalue weighted by atomic mass is 10.0. The largest absolute Gasteiger partial charge is 0.418 e. The molecule has 134 valence electrons. The molecule has 5 N–H and O–H groups in total. The van der Waals surface area contributed by atoms with Crippen LogP contribution in [-0.2, 0) is 24.3 Å². The Morgan fingerprint density at radius 3 is 2.46 bits per heavy atom. The summed E-state index contributed by atoms with van der Waals surface area (Å²) in [5.41, 5.74) is 10.0. The van der Waals surface area contributed by atoms with Crippen LogP contribution in [0, 0.1) is 5.92 Å². The first-order valence-corrected chi connectivity index (χ1v) is 8.66. The van der Waals surface area contributed by atoms with Crippen LogP contribution in [0.5, 0.6) is 0 Å². The second-order valence-electron chi connectivity index (χ2n) is 5.99. The number of rotatable bonds is 4. The number of amides is 4. The fourth-order valence-corrected chi connectivity index (χ4v) is 3.31. The summed E-state index contributed by atoms with van der Waals surface area (Å²) in [5, 5.41) is 0.546. The fourth-order valence-electron chi connectivity index (χ4n) is 2.92. The molecule has 2 unspecified atom stereocenters. The number of hydroxylamine groups is 2. The summed E-state index contributed by atoms with van der Waals surface area (Å²) in [7, 11) is -4.84. The third-order valence-electron chi connectivity index (χ3n) is 4.29. The van der Waals surface area contributed by atoms with Crippen molar-refractivity contribution < 1.29 is 31.6 Å². The Bertz CT molecular complexity index is 682. The molecule has 3 aliphatic rings. The Hall–Kier alpha value is -1.96. The van der Waals surface area contributed by atoms with Gasteiger partial charge in [0.05, 0.1) is 12.0 Å². The maximum absolute atomic E-state index is 12.2. The Morgan fingerprint density at radius 2 is 1.88 bits per heavy atom. The Balaban J connectivity index is 1.59. The van der Waals surface area contributed by atoms with Gasteiger partial charge in [0.2, 0.25) is 5.91 Å². The molecule has 2 heterocycles. The van der Waals surface area contributed by atoms with Crippen molar-refractivity contribution in [2.45, 2.75) is 37.4 Å². The summed E-state index contributed by atoms with van der Waals surface area (Å²) in [6.45, 7) is 0.0773. The van der Waals surface area contributed by atoms with Crippen LogP contribution in [0.4, 0.5) is 4.79 Å². The van der Waals surface area contributed by atoms with Gasteiger partial charge in [0, 0.05) is 12.6 Å². The summed E-state index contributed by atoms with van der Waals surface area (Å²) < 4.78 is 34.6. The molecule has 0 radical (unpaired) electrons. The van der Waals surface area contributed by atoms with Crippen molar-refractivity contribution in [2.24, 2.45) is 11.7 Å². The van der Waals surface area contributed by atoms with Crippen LogP contribution in [0.2, 0.25) is 0 Å². The molecule has 3 rings (SSSR count). The Labute approximate surface area is 137 Å². The van der Waals surface area contributed by atoms with Crippen molar-refractivity contribution in [3.05, 3.63) is 0 Å². The van der Waals surface area contributed by atoms with E-state index in [1.807, 2.05) is 0 Å². The number of hydrogen-bond donors (Lipinski definition) is 4. The molecule has 24 heavy (non-hydrogen) atoms. The van der Waals surface area contributed by atoms with Crippen molar-refractivity contribution in [2.75, 3.05) is 6.54 Å². The van der Waals surface area contributed by atoms with Gasteiger partial charge in [-0.25, -0.2) is 4.79 Å². The molecule has 4 atom stereocenters. The number of piperidine rings is 1. The zero-order valence-corrected chi connectivity index (χ0v) is 13.2. The highest BCUT2D eigenvalue weighted by atomic mass is 32.3. The first kappa shape index (κ1) is 16.9. The van der Waals surface area contributed by atoms with Gasteiger partial charge >= 0.3 is 16.4 Å². The van der Waals surface area contributed by atoms with Crippen molar-refractivity contribution in [1.29, 1.82) is 0 Å². The molecule has 0 aromatic rings. The molecule has 3 fully saturated rings. The van der Waals surface area contributed by atoms with Crippen LogP contribution in [0.25, 0.3) is 0 Å². The molecular formula is C11H17N5O7S. The van der Waals surface area contributed by atoms with E-state index in [1.165, 1.54) is 0 Å². The SMILES string of the molecule is NC1CC1C(=O)NNC(=O)[C@@H]1CC[C@@H]2CN1C(=O)N2OS(=O)(=O)O. The summed E-state index contributed by atoms with van der Waals surface area (Å²) in [5.74, 6) is -1.32. The van der Waals surface area contributed by atoms with E-state index < -0.39 is 40.3 Å². The van der Waals surface area contributed by atoms with Gasteiger partial charge in [-0.05, 0) is 19.3 Å². The second-order valence-corrected chi connectivity index (χ2v) is 7.00. The van der Waals surface area contributed by atoms with E-state index in [0.29, 0.717) is 17.9 Å². The summed E-state index contributed by atoms with van der Waals surface area (Å²) in [6.07, 6.45) is 1.11. The minimum absolute atomic E-state index is 0.0773. The highest BCUT2D eigenvalue weighted by molar-refractivity contribution is 7.80. The quantitative estimate of drug-likeness (QED) is 0.313. The van der Waals surface area contributed by atoms with Crippen molar-refractivity contribution in [1.82, 2.24) is 20.8 Å². The van der Waals surface area contributed by atoms with Gasteiger partial charge in [-0.2, -0.15) is 13.5 Å². The summed E-state index contributed by atoms with van der Waals surface area (Å²) in [4.78, 5) is 37.1. The number of fused-ring (bicyclic) bond motifs is 2. The molecule has 1 aliphatic carbocycles. The van der Waals surface area contributed by atoms with Gasteiger partial charge in [0.15, 0.2) is 0 Å². The van der Waals surface area contributed by atoms with Crippen molar-refractivity contribution in [3.8, 4) is 0 Å². The average molecular weight is 363 g/mol. The predicted octanol–water partition coefficient (Wildman–Crippen LogP) is -2.52. The van der Waals surface area contributed by atoms with Crippen LogP contribution in [0.15, 0.2) is 0 Å². The molecule has 4 amide bonds. The smallest absolute Gasteiger partial charge is 0.327 e. The summed E-state index contributed by atoms with van der Waals surface area (Å²) in [6, 6.07) is -2.51. The zero-order chi connectivity index (χ0) is 17.6. The Morgan fingerprint density at radius 1 is 1.25 bits per heavy atom. The minimum Gasteiger partial charge on any atom is -0.327 e. The van der Waals surface area contributed by atoms with E-state index >= 15 is 0 Å². The molecule has 0 aromatic carbocycles. The second kappa shape index (κ2) is 5.84. The van der Waals surface area contributed by atoms with E-state index in [0.717, 1.165) is 4.90 Å². The molecular weight excluding hydrogens is 346 g/mol. The highest BCUT2D eigenvalue weighted by Gasteiger charge is 2.49. The molecule has 12 nitrogen and oxygen atoms in total. The number of nitrogens with two attached hydrogens (primary N) is 1. The molecule has 2 aliphatic heterocycles. The lowest BCUT2D eigenvalue weighted by Gasteiger charge is -2.29. The van der Waals surface area contributed by atoms with Crippen LogP contribution < -0.4 is 16.6 Å². The molecule has 2 bridgehead atoms. The lowest BCUT2D eigenvalue weighted by Crippen LogP contribution is -2.54. The lowest BCUT2D eigenvalue weighted by molar-refractivity contribution is -0.132. The van der Waals surface area contributed by atoms with Crippen LogP contribution in [0.1, 0.15) is 19.3 Å². The fraction of sp³-hybridized carbons (Fsp3) is 0.727. The van der Waals surface area contributed by atoms with Gasteiger partial charge in [-0.15, -0.1) is 4.28 Å². The number of hydrogen-bond acceptors (Lipinski definition) is 7. The maximum atomic E-state index is 12.2. The first-order valence-electron chi connectivity index (χ1n) is 7.29. The number of nitrogens with one attached hydrogen (secondary N) is 2. The average Bonchev–Trinajstić information content (AvgIpc) is 3.20. The van der Waals surface area contributed by atoms with E-state index in [4.69, 9.17) is 10.3 Å². The van der Waals surface area contributed by atoms with E-state index in [9.17, 15) is 22.8 Å². The monoisotopic (exact) mass is 363 g/mol. The standard InChI is InChI=1S/C11H17N5O7S/c12-7-3-6(7)9(17)13-14-10(18)8-2-1-5-4-15(8)11(19)16(5)23-24(20,21)22/h5-8H,1-4,12H2,(H,13,17)(H,14,18)(H,20,21,22)/t5-,6?,7?,8+/m1/s1. The van der Waals surface area contributed by atoms with E-state index in [-0.39, 0.29) is 24.9 Å². The van der Waals surface area contributed by atoms with Crippen LogP contribution in [-0.4, -0.2) is 65.4 Å². The van der Waals surface area contributed by atoms with Gasteiger partial charge in [-0.3, -0.25) is 25.0 Å². The molecule has 1 saturated carbocycles. The van der Waals surface area contributed by atoms with Crippen LogP contribution >= 0.6 is 0 Å². The Kier molecular flexibility index (Phi) is 4.11. The zero-order valence-electron chi connectivity index (χ0n) is 12.4. The predicted molar refractivity (Wildman–Crippen MR) is 75.8 cm³/mol. The maximum Gasteiger partial charge on any atom is 0.418 e. The third kappa shape index (κ3) is 3.28. The molecule has 0 spiro atoms. The van der Waals surface area contributed by atoms with Gasteiger partial charge < -0.3 is 10.6 Å². The number of nitrogens with zero attached hydrogens (tertiary/aromatic N) is 2. The van der Waals surface area contributed by atoms with E-state index in [1.54, 1.807) is 0 Å². The third-order valence-corrected chi connectivity index (χ3v) is 4.63. The molecule has 0 aromatic heterocycles. The highest BCUT2D eigenvalue weighted by Crippen LogP contribution is 2.31. The number of hydrazine groups is 1. The van der Waals surface area contributed by atoms with Gasteiger partial charge in [0.1, 0.15) is 6.04 Å². The molecule has 13 heteroatoms. The summed E-state index contributed by atoms with van der Waals surface area (Å²) >= 11 is 0. The number of carbonyl (C=O) groups is 3. The van der Waals surface area contributed by atoms with Gasteiger partial charge in [-0.1, -0.05) is 0 Å². The topological polar surface area (TPSA) is 171 Å². The van der Waals surface area contributed by atoms with Crippen LogP contribution in [0.3, 0.4) is 0 Å². The van der Waals surface area contributed by atoms with E-state index in [2.05, 4.69) is 15.1 Å². The van der Waals surface area contributed by atoms with Gasteiger partial charge in [0.25, 0.3) is 5.91 Å². The molecule has 2 saturated heterocycles. The number of urea groups is 1. The minimum atomic E-state index is -4.84. The van der Waals surface area contributed by atoms with Crippen molar-refractivity contribution >= 4 is 28.2 Å². The first-order chi connectivity index (χ1) is 11.2. The number of carbonyl (C=O) groups excluding carboxylic acids is 3.